The summed E-state index contributed by atoms with van der Waals surface area (Å²) in [7, 11) is 0. The minimum Gasteiger partial charge on any atom is -0.399 e. The van der Waals surface area contributed by atoms with Gasteiger partial charge in [-0.2, -0.15) is 0 Å². The zero-order valence-corrected chi connectivity index (χ0v) is 11.9. The number of nitrogens with two attached hydrogens (primary N) is 2. The van der Waals surface area contributed by atoms with E-state index in [9.17, 15) is 0 Å². The monoisotopic (exact) mass is 254 g/mol. The lowest BCUT2D eigenvalue weighted by Gasteiger charge is -2.20. The number of hydrogen-bond donors (Lipinski definition) is 2. The maximum atomic E-state index is 6.14. The van der Waals surface area contributed by atoms with Gasteiger partial charge in [-0.05, 0) is 49.1 Å². The molecule has 0 aromatic heterocycles. The third-order valence-corrected chi connectivity index (χ3v) is 3.70. The average Bonchev–Trinajstić information content (AvgIpc) is 2.34. The summed E-state index contributed by atoms with van der Waals surface area (Å²) in [5.74, 6) is 0.334. The van der Waals surface area contributed by atoms with Gasteiger partial charge in [0.15, 0.2) is 0 Å². The van der Waals surface area contributed by atoms with Crippen LogP contribution < -0.4 is 11.5 Å². The van der Waals surface area contributed by atoms with Gasteiger partial charge in [0.25, 0.3) is 0 Å². The van der Waals surface area contributed by atoms with Crippen molar-refractivity contribution in [1.29, 1.82) is 0 Å². The third kappa shape index (κ3) is 2.73. The van der Waals surface area contributed by atoms with E-state index in [0.29, 0.717) is 5.92 Å². The van der Waals surface area contributed by atoms with Crippen molar-refractivity contribution in [3.05, 3.63) is 58.7 Å². The molecule has 2 aromatic carbocycles. The molecule has 0 bridgehead atoms. The van der Waals surface area contributed by atoms with Crippen LogP contribution in [0.4, 0.5) is 11.4 Å². The summed E-state index contributed by atoms with van der Waals surface area (Å²) in [5, 5.41) is 0. The zero-order chi connectivity index (χ0) is 14.0. The highest BCUT2D eigenvalue weighted by Crippen LogP contribution is 2.34. The SMILES string of the molecule is CCC(c1ccc(C)cc1C)c1ccc(N)cc1N. The summed E-state index contributed by atoms with van der Waals surface area (Å²) in [5.41, 5.74) is 18.6. The molecule has 2 aromatic rings. The highest BCUT2D eigenvalue weighted by atomic mass is 14.6. The molecule has 0 fully saturated rings. The Kier molecular flexibility index (Phi) is 3.79. The quantitative estimate of drug-likeness (QED) is 0.813. The minimum atomic E-state index is 0.334. The lowest BCUT2D eigenvalue weighted by molar-refractivity contribution is 0.773. The van der Waals surface area contributed by atoms with Crippen molar-refractivity contribution < 1.29 is 0 Å². The molecule has 0 aliphatic heterocycles. The van der Waals surface area contributed by atoms with Gasteiger partial charge in [-0.1, -0.05) is 36.8 Å². The third-order valence-electron chi connectivity index (χ3n) is 3.70. The first-order valence-electron chi connectivity index (χ1n) is 6.75. The van der Waals surface area contributed by atoms with Gasteiger partial charge < -0.3 is 11.5 Å². The van der Waals surface area contributed by atoms with Gasteiger partial charge in [0.1, 0.15) is 0 Å². The summed E-state index contributed by atoms with van der Waals surface area (Å²) in [6.07, 6.45) is 1.03. The van der Waals surface area contributed by atoms with Crippen LogP contribution in [0.1, 0.15) is 41.5 Å². The van der Waals surface area contributed by atoms with Gasteiger partial charge in [-0.3, -0.25) is 0 Å². The molecular weight excluding hydrogens is 232 g/mol. The van der Waals surface area contributed by atoms with Crippen LogP contribution in [0.2, 0.25) is 0 Å². The molecule has 2 heteroatoms. The van der Waals surface area contributed by atoms with E-state index in [2.05, 4.69) is 45.0 Å². The van der Waals surface area contributed by atoms with E-state index in [1.807, 2.05) is 12.1 Å². The number of rotatable bonds is 3. The van der Waals surface area contributed by atoms with E-state index < -0.39 is 0 Å². The summed E-state index contributed by atoms with van der Waals surface area (Å²) in [4.78, 5) is 0. The number of anilines is 2. The van der Waals surface area contributed by atoms with Crippen molar-refractivity contribution >= 4 is 11.4 Å². The molecule has 0 spiro atoms. The van der Waals surface area contributed by atoms with Crippen LogP contribution in [0.15, 0.2) is 36.4 Å². The van der Waals surface area contributed by atoms with Gasteiger partial charge in [-0.25, -0.2) is 0 Å². The normalized spacial score (nSPS) is 12.4. The molecule has 0 aliphatic rings. The predicted octanol–water partition coefficient (Wildman–Crippen LogP) is 4.01. The Morgan fingerprint density at radius 3 is 2.21 bits per heavy atom. The van der Waals surface area contributed by atoms with Gasteiger partial charge in [0, 0.05) is 17.3 Å². The zero-order valence-electron chi connectivity index (χ0n) is 11.9. The van der Waals surface area contributed by atoms with Gasteiger partial charge >= 0.3 is 0 Å². The molecule has 2 nitrogen and oxygen atoms in total. The van der Waals surface area contributed by atoms with E-state index in [0.717, 1.165) is 17.8 Å². The Morgan fingerprint density at radius 1 is 0.947 bits per heavy atom. The van der Waals surface area contributed by atoms with Crippen LogP contribution in [0.5, 0.6) is 0 Å². The average molecular weight is 254 g/mol. The van der Waals surface area contributed by atoms with E-state index >= 15 is 0 Å². The maximum absolute atomic E-state index is 6.14. The fourth-order valence-electron chi connectivity index (χ4n) is 2.73. The first-order valence-corrected chi connectivity index (χ1v) is 6.75. The largest absolute Gasteiger partial charge is 0.399 e. The van der Waals surface area contributed by atoms with Crippen LogP contribution in [0.25, 0.3) is 0 Å². The van der Waals surface area contributed by atoms with Crippen LogP contribution >= 0.6 is 0 Å². The molecule has 0 heterocycles. The number of aryl methyl sites for hydroxylation is 2. The number of nitrogen functional groups attached to an aromatic ring is 2. The molecule has 0 saturated heterocycles. The van der Waals surface area contributed by atoms with Crippen molar-refractivity contribution in [2.75, 3.05) is 11.5 Å². The highest BCUT2D eigenvalue weighted by Gasteiger charge is 2.16. The first kappa shape index (κ1) is 13.5. The van der Waals surface area contributed by atoms with E-state index in [4.69, 9.17) is 11.5 Å². The molecule has 19 heavy (non-hydrogen) atoms. The molecule has 100 valence electrons. The Balaban J connectivity index is 2.50. The molecule has 1 unspecified atom stereocenters. The van der Waals surface area contributed by atoms with E-state index in [1.54, 1.807) is 0 Å². The Labute approximate surface area is 115 Å². The standard InChI is InChI=1S/C17H22N2/c1-4-14(15-7-5-11(2)9-12(15)3)16-8-6-13(18)10-17(16)19/h5-10,14H,4,18-19H2,1-3H3. The molecule has 2 rings (SSSR count). The van der Waals surface area contributed by atoms with Crippen LogP contribution in [0.3, 0.4) is 0 Å². The highest BCUT2D eigenvalue weighted by molar-refractivity contribution is 5.60. The van der Waals surface area contributed by atoms with Crippen molar-refractivity contribution in [3.63, 3.8) is 0 Å². The van der Waals surface area contributed by atoms with Crippen LogP contribution in [-0.2, 0) is 0 Å². The molecular formula is C17H22N2. The van der Waals surface area contributed by atoms with Gasteiger partial charge in [0.2, 0.25) is 0 Å². The second-order valence-electron chi connectivity index (χ2n) is 5.21. The first-order chi connectivity index (χ1) is 9.02. The van der Waals surface area contributed by atoms with Crippen molar-refractivity contribution in [3.8, 4) is 0 Å². The fraction of sp³-hybridized carbons (Fsp3) is 0.294. The van der Waals surface area contributed by atoms with Gasteiger partial charge in [0.05, 0.1) is 0 Å². The maximum Gasteiger partial charge on any atom is 0.0373 e. The second kappa shape index (κ2) is 5.35. The summed E-state index contributed by atoms with van der Waals surface area (Å²) in [6, 6.07) is 12.4. The summed E-state index contributed by atoms with van der Waals surface area (Å²) in [6.45, 7) is 6.48. The summed E-state index contributed by atoms with van der Waals surface area (Å²) >= 11 is 0. The number of benzene rings is 2. The smallest absolute Gasteiger partial charge is 0.0373 e. The molecule has 0 radical (unpaired) electrons. The minimum absolute atomic E-state index is 0.334. The van der Waals surface area contributed by atoms with E-state index in [1.165, 1.54) is 22.3 Å². The number of hydrogen-bond acceptors (Lipinski definition) is 2. The Hall–Kier alpha value is -1.96. The molecule has 0 aliphatic carbocycles. The molecule has 1 atom stereocenters. The van der Waals surface area contributed by atoms with Crippen molar-refractivity contribution in [2.45, 2.75) is 33.1 Å². The van der Waals surface area contributed by atoms with Gasteiger partial charge in [-0.15, -0.1) is 0 Å². The summed E-state index contributed by atoms with van der Waals surface area (Å²) < 4.78 is 0. The lowest BCUT2D eigenvalue weighted by atomic mass is 9.85. The Bertz CT molecular complexity index is 536. The van der Waals surface area contributed by atoms with Crippen LogP contribution in [-0.4, -0.2) is 0 Å². The molecule has 4 N–H and O–H groups in total. The lowest BCUT2D eigenvalue weighted by Crippen LogP contribution is -2.06. The molecule has 0 saturated carbocycles. The second-order valence-corrected chi connectivity index (χ2v) is 5.21. The van der Waals surface area contributed by atoms with Crippen LogP contribution in [0, 0.1) is 13.8 Å². The fourth-order valence-corrected chi connectivity index (χ4v) is 2.73. The van der Waals surface area contributed by atoms with E-state index in [-0.39, 0.29) is 0 Å². The molecule has 0 amide bonds. The predicted molar refractivity (Wildman–Crippen MR) is 83.3 cm³/mol. The Morgan fingerprint density at radius 2 is 1.63 bits per heavy atom. The van der Waals surface area contributed by atoms with Crippen molar-refractivity contribution in [2.24, 2.45) is 0 Å². The van der Waals surface area contributed by atoms with Crippen molar-refractivity contribution in [1.82, 2.24) is 0 Å². The topological polar surface area (TPSA) is 52.0 Å².